The summed E-state index contributed by atoms with van der Waals surface area (Å²) in [4.78, 5) is 25.0. The number of ether oxygens (including phenoxy) is 1. The second kappa shape index (κ2) is 8.46. The Bertz CT molecular complexity index is 643. The minimum Gasteiger partial charge on any atom is -0.495 e. The van der Waals surface area contributed by atoms with E-state index in [1.54, 1.807) is 0 Å². The molecule has 1 saturated heterocycles. The maximum atomic E-state index is 12.5. The molecule has 0 aromatic heterocycles. The van der Waals surface area contributed by atoms with E-state index in [-0.39, 0.29) is 35.5 Å². The lowest BCUT2D eigenvalue weighted by Gasteiger charge is -2.26. The Labute approximate surface area is 153 Å². The number of likely N-dealkylation sites (tertiary alicyclic amines) is 1. The standard InChI is InChI=1S/C16H24N4O4.ClH/c1-11(19-7-6-16(2,9-17)10-19)15(21)18-13-8-12(20(22)23)4-5-14(13)24-3;/h4-5,8,11H,6-7,9-10,17H2,1-3H3,(H,18,21);1H. The maximum Gasteiger partial charge on any atom is 0.271 e. The predicted octanol–water partition coefficient (Wildman–Crippen LogP) is 2.02. The quantitative estimate of drug-likeness (QED) is 0.583. The van der Waals surface area contributed by atoms with E-state index < -0.39 is 4.92 Å². The second-order valence-corrected chi connectivity index (χ2v) is 6.54. The minimum absolute atomic E-state index is 0. The summed E-state index contributed by atoms with van der Waals surface area (Å²) in [5.41, 5.74) is 6.03. The van der Waals surface area contributed by atoms with Crippen molar-refractivity contribution in [2.45, 2.75) is 26.3 Å². The Kier molecular flexibility index (Phi) is 7.16. The van der Waals surface area contributed by atoms with Gasteiger partial charge in [-0.15, -0.1) is 12.4 Å². The number of carbonyl (C=O) groups excluding carboxylic acids is 1. The van der Waals surface area contributed by atoms with E-state index in [0.29, 0.717) is 18.0 Å². The van der Waals surface area contributed by atoms with E-state index >= 15 is 0 Å². The van der Waals surface area contributed by atoms with Gasteiger partial charge in [-0.2, -0.15) is 0 Å². The summed E-state index contributed by atoms with van der Waals surface area (Å²) in [5.74, 6) is 0.157. The molecule has 0 radical (unpaired) electrons. The van der Waals surface area contributed by atoms with Crippen molar-refractivity contribution in [2.75, 3.05) is 32.1 Å². The zero-order chi connectivity index (χ0) is 17.9. The average Bonchev–Trinajstić information content (AvgIpc) is 2.97. The molecule has 8 nitrogen and oxygen atoms in total. The Morgan fingerprint density at radius 3 is 2.76 bits per heavy atom. The van der Waals surface area contributed by atoms with Crippen molar-refractivity contribution < 1.29 is 14.5 Å². The molecule has 1 aromatic rings. The molecule has 0 bridgehead atoms. The molecule has 2 unspecified atom stereocenters. The summed E-state index contributed by atoms with van der Waals surface area (Å²) in [5, 5.41) is 13.7. The highest BCUT2D eigenvalue weighted by Gasteiger charge is 2.36. The molecular weight excluding hydrogens is 348 g/mol. The molecule has 3 N–H and O–H groups in total. The van der Waals surface area contributed by atoms with Crippen LogP contribution in [0.3, 0.4) is 0 Å². The predicted molar refractivity (Wildman–Crippen MR) is 98.3 cm³/mol. The number of rotatable bonds is 6. The third kappa shape index (κ3) is 4.81. The summed E-state index contributed by atoms with van der Waals surface area (Å²) >= 11 is 0. The molecule has 0 aliphatic carbocycles. The lowest BCUT2D eigenvalue weighted by Crippen LogP contribution is -2.42. The van der Waals surface area contributed by atoms with Crippen LogP contribution in [-0.4, -0.2) is 48.5 Å². The van der Waals surface area contributed by atoms with Gasteiger partial charge in [-0.05, 0) is 37.9 Å². The first kappa shape index (κ1) is 21.1. The Balaban J connectivity index is 0.00000312. The SMILES string of the molecule is COc1ccc([N+](=O)[O-])cc1NC(=O)C(C)N1CCC(C)(CN)C1.Cl. The number of nitro benzene ring substituents is 1. The van der Waals surface area contributed by atoms with E-state index in [2.05, 4.69) is 17.1 Å². The zero-order valence-electron chi connectivity index (χ0n) is 14.7. The summed E-state index contributed by atoms with van der Waals surface area (Å²) in [7, 11) is 1.45. The molecule has 9 heteroatoms. The monoisotopic (exact) mass is 372 g/mol. The van der Waals surface area contributed by atoms with Gasteiger partial charge in [0.1, 0.15) is 5.75 Å². The van der Waals surface area contributed by atoms with E-state index in [1.165, 1.54) is 25.3 Å². The van der Waals surface area contributed by atoms with E-state index in [4.69, 9.17) is 10.5 Å². The molecule has 0 saturated carbocycles. The van der Waals surface area contributed by atoms with Crippen LogP contribution in [0, 0.1) is 15.5 Å². The van der Waals surface area contributed by atoms with E-state index in [1.807, 2.05) is 6.92 Å². The van der Waals surface area contributed by atoms with Crippen LogP contribution in [0.15, 0.2) is 18.2 Å². The van der Waals surface area contributed by atoms with Gasteiger partial charge in [0.2, 0.25) is 5.91 Å². The number of hydrogen-bond donors (Lipinski definition) is 2. The summed E-state index contributed by atoms with van der Waals surface area (Å²) < 4.78 is 5.17. The first-order valence-corrected chi connectivity index (χ1v) is 7.87. The molecule has 140 valence electrons. The average molecular weight is 373 g/mol. The number of carbonyl (C=O) groups is 1. The van der Waals surface area contributed by atoms with Gasteiger partial charge in [0.05, 0.1) is 23.8 Å². The lowest BCUT2D eigenvalue weighted by atomic mass is 9.90. The van der Waals surface area contributed by atoms with Crippen LogP contribution in [0.25, 0.3) is 0 Å². The van der Waals surface area contributed by atoms with Crippen LogP contribution in [-0.2, 0) is 4.79 Å². The molecular formula is C16H25ClN4O4. The fourth-order valence-electron chi connectivity index (χ4n) is 2.87. The molecule has 1 aliphatic rings. The van der Waals surface area contributed by atoms with Gasteiger partial charge in [-0.1, -0.05) is 6.92 Å². The van der Waals surface area contributed by atoms with Crippen LogP contribution in [0.2, 0.25) is 0 Å². The van der Waals surface area contributed by atoms with Gasteiger partial charge >= 0.3 is 0 Å². The fraction of sp³-hybridized carbons (Fsp3) is 0.562. The third-order valence-corrected chi connectivity index (χ3v) is 4.66. The first-order valence-electron chi connectivity index (χ1n) is 7.87. The number of hydrogen-bond acceptors (Lipinski definition) is 6. The highest BCUT2D eigenvalue weighted by Crippen LogP contribution is 2.31. The molecule has 1 fully saturated rings. The largest absolute Gasteiger partial charge is 0.495 e. The number of benzene rings is 1. The van der Waals surface area contributed by atoms with Gasteiger partial charge in [0.25, 0.3) is 5.69 Å². The number of nitro groups is 1. The number of anilines is 1. The molecule has 2 rings (SSSR count). The Hall–Kier alpha value is -1.90. The van der Waals surface area contributed by atoms with E-state index in [0.717, 1.165) is 19.5 Å². The van der Waals surface area contributed by atoms with Crippen LogP contribution in [0.5, 0.6) is 5.75 Å². The van der Waals surface area contributed by atoms with Crippen LogP contribution >= 0.6 is 12.4 Å². The van der Waals surface area contributed by atoms with Gasteiger partial charge in [-0.25, -0.2) is 0 Å². The van der Waals surface area contributed by atoms with Gasteiger partial charge in [0, 0.05) is 18.7 Å². The molecule has 1 amide bonds. The van der Waals surface area contributed by atoms with E-state index in [9.17, 15) is 14.9 Å². The van der Waals surface area contributed by atoms with Crippen molar-refractivity contribution in [3.05, 3.63) is 28.3 Å². The minimum atomic E-state index is -0.508. The molecule has 1 aliphatic heterocycles. The number of amides is 1. The van der Waals surface area contributed by atoms with Gasteiger partial charge < -0.3 is 15.8 Å². The molecule has 1 aromatic carbocycles. The number of halogens is 1. The van der Waals surface area contributed by atoms with Crippen molar-refractivity contribution in [1.29, 1.82) is 0 Å². The molecule has 0 spiro atoms. The normalized spacial score (nSPS) is 21.3. The number of methoxy groups -OCH3 is 1. The smallest absolute Gasteiger partial charge is 0.271 e. The van der Waals surface area contributed by atoms with Crippen LogP contribution in [0.1, 0.15) is 20.3 Å². The maximum absolute atomic E-state index is 12.5. The van der Waals surface area contributed by atoms with Crippen molar-refractivity contribution in [2.24, 2.45) is 11.1 Å². The van der Waals surface area contributed by atoms with Gasteiger partial charge in [0.15, 0.2) is 0 Å². The Morgan fingerprint density at radius 1 is 1.56 bits per heavy atom. The van der Waals surface area contributed by atoms with Crippen molar-refractivity contribution in [1.82, 2.24) is 4.90 Å². The highest BCUT2D eigenvalue weighted by atomic mass is 35.5. The number of nitrogens with zero attached hydrogens (tertiary/aromatic N) is 2. The number of non-ortho nitro benzene ring substituents is 1. The zero-order valence-corrected chi connectivity index (χ0v) is 15.5. The molecule has 2 atom stereocenters. The highest BCUT2D eigenvalue weighted by molar-refractivity contribution is 5.96. The molecule has 25 heavy (non-hydrogen) atoms. The van der Waals surface area contributed by atoms with Gasteiger partial charge in [-0.3, -0.25) is 19.8 Å². The summed E-state index contributed by atoms with van der Waals surface area (Å²) in [6.07, 6.45) is 0.946. The van der Waals surface area contributed by atoms with Crippen molar-refractivity contribution >= 4 is 29.7 Å². The second-order valence-electron chi connectivity index (χ2n) is 6.54. The third-order valence-electron chi connectivity index (χ3n) is 4.66. The van der Waals surface area contributed by atoms with Crippen LogP contribution < -0.4 is 15.8 Å². The van der Waals surface area contributed by atoms with Crippen molar-refractivity contribution in [3.63, 3.8) is 0 Å². The summed E-state index contributed by atoms with van der Waals surface area (Å²) in [6, 6.07) is 3.75. The number of nitrogens with one attached hydrogen (secondary N) is 1. The number of nitrogens with two attached hydrogens (primary N) is 1. The first-order chi connectivity index (χ1) is 11.3. The topological polar surface area (TPSA) is 111 Å². The van der Waals surface area contributed by atoms with Crippen molar-refractivity contribution in [3.8, 4) is 5.75 Å². The lowest BCUT2D eigenvalue weighted by molar-refractivity contribution is -0.384. The molecule has 1 heterocycles. The van der Waals surface area contributed by atoms with Crippen LogP contribution in [0.4, 0.5) is 11.4 Å². The fourth-order valence-corrected chi connectivity index (χ4v) is 2.87. The summed E-state index contributed by atoms with van der Waals surface area (Å²) in [6.45, 7) is 6.07. The Morgan fingerprint density at radius 2 is 2.24 bits per heavy atom.